The van der Waals surface area contributed by atoms with Crippen molar-refractivity contribution in [3.05, 3.63) is 57.7 Å². The first-order chi connectivity index (χ1) is 12.6. The molecule has 5 nitrogen and oxygen atoms in total. The zero-order valence-corrected chi connectivity index (χ0v) is 17.5. The maximum atomic E-state index is 12.2. The first-order valence-corrected chi connectivity index (χ1v) is 10.3. The molecule has 0 saturated heterocycles. The summed E-state index contributed by atoms with van der Waals surface area (Å²) >= 11 is 3.64. The van der Waals surface area contributed by atoms with Gasteiger partial charge < -0.3 is 9.88 Å². The van der Waals surface area contributed by atoms with Crippen LogP contribution in [0.4, 0.5) is 5.69 Å². The average molecular weight is 478 g/mol. The molecule has 3 rings (SSSR count). The summed E-state index contributed by atoms with van der Waals surface area (Å²) in [5, 5.41) is 12.3. The highest BCUT2D eigenvalue weighted by Crippen LogP contribution is 2.26. The van der Waals surface area contributed by atoms with Crippen molar-refractivity contribution in [2.24, 2.45) is 0 Å². The van der Waals surface area contributed by atoms with Crippen LogP contribution in [0.1, 0.15) is 12.5 Å². The zero-order valence-electron chi connectivity index (χ0n) is 14.6. The van der Waals surface area contributed by atoms with Crippen molar-refractivity contribution < 1.29 is 4.79 Å². The van der Waals surface area contributed by atoms with Crippen molar-refractivity contribution in [1.29, 1.82) is 0 Å². The quantitative estimate of drug-likeness (QED) is 0.416. The molecule has 134 valence electrons. The van der Waals surface area contributed by atoms with Crippen LogP contribution in [0.2, 0.25) is 0 Å². The van der Waals surface area contributed by atoms with Gasteiger partial charge in [0.25, 0.3) is 0 Å². The number of anilines is 1. The molecule has 0 unspecified atom stereocenters. The number of aromatic nitrogens is 3. The minimum absolute atomic E-state index is 0.0562. The van der Waals surface area contributed by atoms with Crippen LogP contribution in [0, 0.1) is 10.5 Å². The van der Waals surface area contributed by atoms with Crippen molar-refractivity contribution in [2.75, 3.05) is 11.1 Å². The lowest BCUT2D eigenvalue weighted by atomic mass is 10.1. The van der Waals surface area contributed by atoms with E-state index in [1.165, 1.54) is 11.8 Å². The normalized spacial score (nSPS) is 10.7. The number of carbonyl (C=O) groups is 1. The molecule has 0 atom stereocenters. The zero-order chi connectivity index (χ0) is 18.5. The molecule has 7 heteroatoms. The molecular weight excluding hydrogens is 459 g/mol. The van der Waals surface area contributed by atoms with Gasteiger partial charge in [0.1, 0.15) is 0 Å². The standard InChI is InChI=1S/C19H19IN4OS/c1-3-24-18(16-7-5-4-6-13(16)2)22-23-19(24)26-12-17(25)21-15-10-8-14(20)9-11-15/h4-11H,3,12H2,1-2H3,(H,21,25). The van der Waals surface area contributed by atoms with E-state index in [1.807, 2.05) is 47.0 Å². The smallest absolute Gasteiger partial charge is 0.234 e. The van der Waals surface area contributed by atoms with Gasteiger partial charge in [-0.1, -0.05) is 36.0 Å². The van der Waals surface area contributed by atoms with E-state index < -0.39 is 0 Å². The van der Waals surface area contributed by atoms with E-state index in [-0.39, 0.29) is 11.7 Å². The topological polar surface area (TPSA) is 59.8 Å². The Kier molecular flexibility index (Phi) is 6.31. The third kappa shape index (κ3) is 4.45. The predicted molar refractivity (Wildman–Crippen MR) is 114 cm³/mol. The summed E-state index contributed by atoms with van der Waals surface area (Å²) in [5.74, 6) is 1.07. The summed E-state index contributed by atoms with van der Waals surface area (Å²) in [6, 6.07) is 15.8. The molecule has 2 aromatic carbocycles. The summed E-state index contributed by atoms with van der Waals surface area (Å²) in [5.41, 5.74) is 3.02. The van der Waals surface area contributed by atoms with Crippen molar-refractivity contribution in [3.63, 3.8) is 0 Å². The Morgan fingerprint density at radius 1 is 1.15 bits per heavy atom. The largest absolute Gasteiger partial charge is 0.325 e. The number of thioether (sulfide) groups is 1. The lowest BCUT2D eigenvalue weighted by Gasteiger charge is -2.09. The van der Waals surface area contributed by atoms with Crippen LogP contribution < -0.4 is 5.32 Å². The molecular formula is C19H19IN4OS. The van der Waals surface area contributed by atoms with Gasteiger partial charge in [-0.15, -0.1) is 10.2 Å². The predicted octanol–water partition coefficient (Wildman–Crippen LogP) is 4.61. The van der Waals surface area contributed by atoms with Crippen LogP contribution in [-0.4, -0.2) is 26.4 Å². The molecule has 0 radical (unpaired) electrons. The van der Waals surface area contributed by atoms with Crippen molar-refractivity contribution in [3.8, 4) is 11.4 Å². The molecule has 0 aliphatic rings. The SMILES string of the molecule is CCn1c(SCC(=O)Nc2ccc(I)cc2)nnc1-c1ccccc1C. The maximum Gasteiger partial charge on any atom is 0.234 e. The second kappa shape index (κ2) is 8.68. The van der Waals surface area contributed by atoms with Gasteiger partial charge in [-0.05, 0) is 66.3 Å². The third-order valence-electron chi connectivity index (χ3n) is 3.88. The van der Waals surface area contributed by atoms with E-state index in [9.17, 15) is 4.79 Å². The number of amides is 1. The minimum atomic E-state index is -0.0562. The van der Waals surface area contributed by atoms with Gasteiger partial charge in [-0.25, -0.2) is 0 Å². The second-order valence-corrected chi connectivity index (χ2v) is 7.90. The molecule has 26 heavy (non-hydrogen) atoms. The highest BCUT2D eigenvalue weighted by molar-refractivity contribution is 14.1. The maximum absolute atomic E-state index is 12.2. The molecule has 1 N–H and O–H groups in total. The third-order valence-corrected chi connectivity index (χ3v) is 5.57. The summed E-state index contributed by atoms with van der Waals surface area (Å²) in [7, 11) is 0. The first-order valence-electron chi connectivity index (χ1n) is 8.26. The molecule has 1 amide bonds. The Labute approximate surface area is 170 Å². The van der Waals surface area contributed by atoms with E-state index in [4.69, 9.17) is 0 Å². The fourth-order valence-corrected chi connectivity index (χ4v) is 3.73. The molecule has 0 spiro atoms. The van der Waals surface area contributed by atoms with Crippen LogP contribution in [0.3, 0.4) is 0 Å². The van der Waals surface area contributed by atoms with E-state index in [0.717, 1.165) is 37.9 Å². The van der Waals surface area contributed by atoms with Gasteiger partial charge in [0.15, 0.2) is 11.0 Å². The monoisotopic (exact) mass is 478 g/mol. The van der Waals surface area contributed by atoms with E-state index in [1.54, 1.807) is 0 Å². The lowest BCUT2D eigenvalue weighted by molar-refractivity contribution is -0.113. The highest BCUT2D eigenvalue weighted by Gasteiger charge is 2.15. The Morgan fingerprint density at radius 2 is 1.88 bits per heavy atom. The first kappa shape index (κ1) is 18.9. The number of hydrogen-bond acceptors (Lipinski definition) is 4. The number of hydrogen-bond donors (Lipinski definition) is 1. The number of carbonyl (C=O) groups excluding carboxylic acids is 1. The number of halogens is 1. The van der Waals surface area contributed by atoms with Crippen LogP contribution in [-0.2, 0) is 11.3 Å². The van der Waals surface area contributed by atoms with Crippen molar-refractivity contribution >= 4 is 45.9 Å². The average Bonchev–Trinajstić information content (AvgIpc) is 3.05. The van der Waals surface area contributed by atoms with Crippen LogP contribution in [0.25, 0.3) is 11.4 Å². The van der Waals surface area contributed by atoms with E-state index >= 15 is 0 Å². The Hall–Kier alpha value is -1.87. The highest BCUT2D eigenvalue weighted by atomic mass is 127. The minimum Gasteiger partial charge on any atom is -0.325 e. The fourth-order valence-electron chi connectivity index (χ4n) is 2.56. The molecule has 0 saturated carbocycles. The fraction of sp³-hybridized carbons (Fsp3) is 0.211. The van der Waals surface area contributed by atoms with Gasteiger partial charge in [0.05, 0.1) is 5.75 Å². The van der Waals surface area contributed by atoms with Crippen LogP contribution in [0.15, 0.2) is 53.7 Å². The Bertz CT molecular complexity index is 908. The van der Waals surface area contributed by atoms with Gasteiger partial charge >= 0.3 is 0 Å². The summed E-state index contributed by atoms with van der Waals surface area (Å²) in [6.07, 6.45) is 0. The van der Waals surface area contributed by atoms with Crippen LogP contribution >= 0.6 is 34.4 Å². The number of rotatable bonds is 6. The molecule has 1 aromatic heterocycles. The van der Waals surface area contributed by atoms with Crippen molar-refractivity contribution in [1.82, 2.24) is 14.8 Å². The molecule has 0 aliphatic heterocycles. The Balaban J connectivity index is 1.69. The summed E-state index contributed by atoms with van der Waals surface area (Å²) < 4.78 is 3.18. The lowest BCUT2D eigenvalue weighted by Crippen LogP contribution is -2.14. The molecule has 1 heterocycles. The molecule has 0 aliphatic carbocycles. The van der Waals surface area contributed by atoms with Gasteiger partial charge in [-0.3, -0.25) is 4.79 Å². The van der Waals surface area contributed by atoms with Crippen molar-refractivity contribution in [2.45, 2.75) is 25.5 Å². The van der Waals surface area contributed by atoms with Gasteiger partial charge in [-0.2, -0.15) is 0 Å². The Morgan fingerprint density at radius 3 is 2.58 bits per heavy atom. The van der Waals surface area contributed by atoms with Gasteiger partial charge in [0.2, 0.25) is 5.91 Å². The number of benzene rings is 2. The molecule has 0 bridgehead atoms. The van der Waals surface area contributed by atoms with Crippen LogP contribution in [0.5, 0.6) is 0 Å². The van der Waals surface area contributed by atoms with Gasteiger partial charge in [0, 0.05) is 21.4 Å². The summed E-state index contributed by atoms with van der Waals surface area (Å²) in [4.78, 5) is 12.2. The molecule has 0 fully saturated rings. The van der Waals surface area contributed by atoms with E-state index in [0.29, 0.717) is 0 Å². The number of nitrogens with one attached hydrogen (secondary N) is 1. The molecule has 3 aromatic rings. The summed E-state index contributed by atoms with van der Waals surface area (Å²) in [6.45, 7) is 4.86. The second-order valence-electron chi connectivity index (χ2n) is 5.71. The van der Waals surface area contributed by atoms with E-state index in [2.05, 4.69) is 58.0 Å². The number of aryl methyl sites for hydroxylation is 1. The number of nitrogens with zero attached hydrogens (tertiary/aromatic N) is 3.